The van der Waals surface area contributed by atoms with Crippen LogP contribution in [0.4, 0.5) is 18.0 Å². The first-order chi connectivity index (χ1) is 17.3. The number of halogens is 3. The summed E-state index contributed by atoms with van der Waals surface area (Å²) in [7, 11) is 0. The third kappa shape index (κ3) is 7.46. The Hall–Kier alpha value is -4.07. The van der Waals surface area contributed by atoms with Crippen molar-refractivity contribution < 1.29 is 27.4 Å². The van der Waals surface area contributed by atoms with Gasteiger partial charge in [0, 0.05) is 24.4 Å². The number of nitriles is 1. The van der Waals surface area contributed by atoms with Gasteiger partial charge in [0.1, 0.15) is 24.0 Å². The van der Waals surface area contributed by atoms with Crippen LogP contribution in [0.2, 0.25) is 0 Å². The molecule has 1 atom stereocenters. The number of alkyl halides is 3. The van der Waals surface area contributed by atoms with Gasteiger partial charge in [-0.15, -0.1) is 0 Å². The van der Waals surface area contributed by atoms with Crippen LogP contribution in [0.5, 0.6) is 5.75 Å². The topological polar surface area (TPSA) is 102 Å². The molecule has 0 saturated heterocycles. The molecule has 0 aliphatic rings. The van der Waals surface area contributed by atoms with Crippen LogP contribution in [0.1, 0.15) is 45.4 Å². The monoisotopic (exact) mass is 515 g/mol. The maximum Gasteiger partial charge on any atom is 0.435 e. The Morgan fingerprint density at radius 3 is 2.62 bits per heavy atom. The van der Waals surface area contributed by atoms with Gasteiger partial charge < -0.3 is 14.8 Å². The SMILES string of the molecule is C=C(COc1ccc(-c2ccnc3cc(C(F)(F)F)nn23)cc1C#N)CC(C)CNC(=O)OC(C)(C)C. The molecule has 3 aromatic rings. The van der Waals surface area contributed by atoms with Crippen LogP contribution in [0, 0.1) is 17.2 Å². The van der Waals surface area contributed by atoms with E-state index in [2.05, 4.69) is 28.0 Å². The van der Waals surface area contributed by atoms with E-state index in [1.165, 1.54) is 18.3 Å². The van der Waals surface area contributed by atoms with Crippen LogP contribution in [0.25, 0.3) is 16.9 Å². The number of fused-ring (bicyclic) bond motifs is 1. The molecule has 0 bridgehead atoms. The lowest BCUT2D eigenvalue weighted by Crippen LogP contribution is -2.35. The molecule has 196 valence electrons. The Kier molecular flexibility index (Phi) is 8.11. The maximum atomic E-state index is 13.1. The van der Waals surface area contributed by atoms with Crippen LogP contribution < -0.4 is 10.1 Å². The number of rotatable bonds is 8. The van der Waals surface area contributed by atoms with Gasteiger partial charge in [-0.05, 0) is 62.9 Å². The van der Waals surface area contributed by atoms with Crippen molar-refractivity contribution in [3.63, 3.8) is 0 Å². The van der Waals surface area contributed by atoms with E-state index >= 15 is 0 Å². The van der Waals surface area contributed by atoms with Gasteiger partial charge in [-0.25, -0.2) is 14.3 Å². The summed E-state index contributed by atoms with van der Waals surface area (Å²) in [5, 5.41) is 16.0. The van der Waals surface area contributed by atoms with E-state index in [0.29, 0.717) is 30.0 Å². The van der Waals surface area contributed by atoms with Gasteiger partial charge in [0.2, 0.25) is 0 Å². The second kappa shape index (κ2) is 10.9. The van der Waals surface area contributed by atoms with Gasteiger partial charge >= 0.3 is 12.3 Å². The smallest absolute Gasteiger partial charge is 0.435 e. The zero-order valence-corrected chi connectivity index (χ0v) is 21.0. The summed E-state index contributed by atoms with van der Waals surface area (Å²) in [6.45, 7) is 11.9. The predicted molar refractivity (Wildman–Crippen MR) is 131 cm³/mol. The minimum Gasteiger partial charge on any atom is -0.488 e. The van der Waals surface area contributed by atoms with Crippen LogP contribution >= 0.6 is 0 Å². The molecular formula is C26H28F3N5O3. The molecular weight excluding hydrogens is 487 g/mol. The van der Waals surface area contributed by atoms with Crippen molar-refractivity contribution in [2.75, 3.05) is 13.2 Å². The van der Waals surface area contributed by atoms with E-state index < -0.39 is 23.6 Å². The van der Waals surface area contributed by atoms with Crippen molar-refractivity contribution in [3.8, 4) is 23.1 Å². The lowest BCUT2D eigenvalue weighted by Gasteiger charge is -2.21. The highest BCUT2D eigenvalue weighted by Gasteiger charge is 2.34. The van der Waals surface area contributed by atoms with Gasteiger partial charge in [-0.1, -0.05) is 13.5 Å². The summed E-state index contributed by atoms with van der Waals surface area (Å²) in [5.41, 5.74) is 0.203. The van der Waals surface area contributed by atoms with Crippen LogP contribution in [0.15, 0.2) is 48.7 Å². The van der Waals surface area contributed by atoms with E-state index in [1.807, 2.05) is 6.92 Å². The molecule has 1 aromatic carbocycles. The molecule has 2 aromatic heterocycles. The molecule has 0 aliphatic carbocycles. The van der Waals surface area contributed by atoms with Crippen molar-refractivity contribution >= 4 is 11.7 Å². The standard InChI is InChI=1S/C26H28F3N5O3/c1-16(14-32-24(35)37-25(3,4)5)10-17(2)15-36-21-7-6-18(11-19(21)13-30)20-8-9-31-23-12-22(26(27,28)29)33-34(20)23/h6-9,11-12,16H,2,10,14-15H2,1,3-5H3,(H,32,35). The largest absolute Gasteiger partial charge is 0.488 e. The van der Waals surface area contributed by atoms with Crippen LogP contribution in [-0.4, -0.2) is 39.4 Å². The number of nitrogens with one attached hydrogen (secondary N) is 1. The molecule has 0 spiro atoms. The molecule has 0 radical (unpaired) electrons. The lowest BCUT2D eigenvalue weighted by atomic mass is 10.0. The second-order valence-corrected chi connectivity index (χ2v) is 9.68. The first-order valence-electron chi connectivity index (χ1n) is 11.5. The summed E-state index contributed by atoms with van der Waals surface area (Å²) in [4.78, 5) is 15.8. The maximum absolute atomic E-state index is 13.1. The van der Waals surface area contributed by atoms with Crippen molar-refractivity contribution in [2.24, 2.45) is 5.92 Å². The van der Waals surface area contributed by atoms with E-state index in [4.69, 9.17) is 9.47 Å². The van der Waals surface area contributed by atoms with Crippen molar-refractivity contribution in [3.05, 3.63) is 59.9 Å². The van der Waals surface area contributed by atoms with E-state index in [0.717, 1.165) is 16.2 Å². The molecule has 3 rings (SSSR count). The van der Waals surface area contributed by atoms with Crippen LogP contribution in [-0.2, 0) is 10.9 Å². The fraction of sp³-hybridized carbons (Fsp3) is 0.385. The Morgan fingerprint density at radius 2 is 1.97 bits per heavy atom. The number of amides is 1. The third-order valence-electron chi connectivity index (χ3n) is 5.11. The van der Waals surface area contributed by atoms with Crippen molar-refractivity contribution in [1.29, 1.82) is 5.26 Å². The molecule has 11 heteroatoms. The van der Waals surface area contributed by atoms with Gasteiger partial charge in [0.25, 0.3) is 0 Å². The fourth-order valence-corrected chi connectivity index (χ4v) is 3.53. The Morgan fingerprint density at radius 1 is 1.24 bits per heavy atom. The van der Waals surface area contributed by atoms with E-state index in [1.54, 1.807) is 32.9 Å². The fourth-order valence-electron chi connectivity index (χ4n) is 3.53. The highest BCUT2D eigenvalue weighted by Crippen LogP contribution is 2.31. The number of hydrogen-bond acceptors (Lipinski definition) is 6. The number of carbonyl (C=O) groups is 1. The molecule has 2 heterocycles. The first kappa shape index (κ1) is 27.5. The molecule has 1 amide bonds. The number of nitrogens with zero attached hydrogens (tertiary/aromatic N) is 4. The lowest BCUT2D eigenvalue weighted by molar-refractivity contribution is -0.141. The Labute approximate surface area is 212 Å². The van der Waals surface area contributed by atoms with Gasteiger partial charge in [0.05, 0.1) is 11.3 Å². The zero-order chi connectivity index (χ0) is 27.4. The number of carbonyl (C=O) groups excluding carboxylic acids is 1. The third-order valence-corrected chi connectivity index (χ3v) is 5.11. The molecule has 1 N–H and O–H groups in total. The summed E-state index contributed by atoms with van der Waals surface area (Å²) in [5.74, 6) is 0.389. The highest BCUT2D eigenvalue weighted by atomic mass is 19.4. The summed E-state index contributed by atoms with van der Waals surface area (Å²) in [6, 6.07) is 9.18. The minimum atomic E-state index is -4.60. The number of hydrogen-bond donors (Lipinski definition) is 1. The number of aromatic nitrogens is 3. The number of alkyl carbamates (subject to hydrolysis) is 1. The molecule has 0 fully saturated rings. The second-order valence-electron chi connectivity index (χ2n) is 9.68. The van der Waals surface area contributed by atoms with E-state index in [-0.39, 0.29) is 23.7 Å². The zero-order valence-electron chi connectivity index (χ0n) is 21.0. The normalized spacial score (nSPS) is 12.6. The molecule has 0 saturated carbocycles. The van der Waals surface area contributed by atoms with Gasteiger partial charge in [-0.3, -0.25) is 0 Å². The quantitative estimate of drug-likeness (QED) is 0.382. The van der Waals surface area contributed by atoms with E-state index in [9.17, 15) is 23.2 Å². The first-order valence-corrected chi connectivity index (χ1v) is 11.5. The minimum absolute atomic E-state index is 0.0373. The predicted octanol–water partition coefficient (Wildman–Crippen LogP) is 5.77. The summed E-state index contributed by atoms with van der Waals surface area (Å²) < 4.78 is 51.4. The highest BCUT2D eigenvalue weighted by molar-refractivity contribution is 5.68. The Bertz CT molecular complexity index is 1340. The van der Waals surface area contributed by atoms with Gasteiger partial charge in [0.15, 0.2) is 11.3 Å². The molecule has 1 unspecified atom stereocenters. The molecule has 37 heavy (non-hydrogen) atoms. The summed E-state index contributed by atoms with van der Waals surface area (Å²) >= 11 is 0. The van der Waals surface area contributed by atoms with Gasteiger partial charge in [-0.2, -0.15) is 23.5 Å². The Balaban J connectivity index is 1.65. The van der Waals surface area contributed by atoms with Crippen molar-refractivity contribution in [1.82, 2.24) is 19.9 Å². The number of benzene rings is 1. The molecule has 8 nitrogen and oxygen atoms in total. The number of ether oxygens (including phenoxy) is 2. The molecule has 0 aliphatic heterocycles. The average molecular weight is 516 g/mol. The van der Waals surface area contributed by atoms with Crippen molar-refractivity contribution in [2.45, 2.75) is 45.9 Å². The summed E-state index contributed by atoms with van der Waals surface area (Å²) in [6.07, 6.45) is -3.14. The average Bonchev–Trinajstić information content (AvgIpc) is 3.25. The van der Waals surface area contributed by atoms with Crippen LogP contribution in [0.3, 0.4) is 0 Å².